The maximum atomic E-state index is 5.89. The van der Waals surface area contributed by atoms with Crippen molar-refractivity contribution < 1.29 is 9.15 Å². The lowest BCUT2D eigenvalue weighted by atomic mass is 9.97. The van der Waals surface area contributed by atoms with E-state index in [4.69, 9.17) is 15.0 Å². The Kier molecular flexibility index (Phi) is 4.58. The summed E-state index contributed by atoms with van der Waals surface area (Å²) in [7, 11) is 1.71. The van der Waals surface area contributed by atoms with E-state index < -0.39 is 0 Å². The molecule has 104 valence electrons. The Bertz CT molecular complexity index is 536. The molecule has 2 atom stereocenters. The molecule has 1 aromatic heterocycles. The number of rotatable bonds is 6. The molecule has 2 unspecified atom stereocenters. The van der Waals surface area contributed by atoms with Crippen molar-refractivity contribution in [1.29, 1.82) is 0 Å². The molecule has 0 amide bonds. The number of furan rings is 1. The van der Waals surface area contributed by atoms with E-state index in [2.05, 4.69) is 37.5 Å². The molecule has 0 aliphatic rings. The van der Waals surface area contributed by atoms with Crippen LogP contribution >= 0.6 is 0 Å². The summed E-state index contributed by atoms with van der Waals surface area (Å²) in [4.78, 5) is 0. The van der Waals surface area contributed by atoms with Gasteiger partial charge in [-0.05, 0) is 37.5 Å². The Hall–Kier alpha value is -1.36. The van der Waals surface area contributed by atoms with Gasteiger partial charge < -0.3 is 9.15 Å². The lowest BCUT2D eigenvalue weighted by molar-refractivity contribution is 0.167. The van der Waals surface area contributed by atoms with Gasteiger partial charge in [-0.15, -0.1) is 0 Å². The second-order valence-electron chi connectivity index (χ2n) is 5.09. The average molecular weight is 262 g/mol. The zero-order chi connectivity index (χ0) is 13.8. The van der Waals surface area contributed by atoms with E-state index >= 15 is 0 Å². The van der Waals surface area contributed by atoms with E-state index in [-0.39, 0.29) is 6.04 Å². The number of methoxy groups -OCH3 is 1. The number of fused-ring (bicyclic) bond motifs is 1. The van der Waals surface area contributed by atoms with Gasteiger partial charge in [0.1, 0.15) is 11.3 Å². The second-order valence-corrected chi connectivity index (χ2v) is 5.09. The molecule has 1 aromatic carbocycles. The number of nitrogens with one attached hydrogen (secondary N) is 1. The van der Waals surface area contributed by atoms with Gasteiger partial charge in [0.2, 0.25) is 0 Å². The van der Waals surface area contributed by atoms with Gasteiger partial charge in [0.25, 0.3) is 0 Å². The summed E-state index contributed by atoms with van der Waals surface area (Å²) in [6.07, 6.45) is 0.932. The van der Waals surface area contributed by atoms with E-state index in [1.165, 1.54) is 5.56 Å². The SMILES string of the molecule is COCCC(C)C(NN)c1cc2cc(C)ccc2o1. The first-order valence-electron chi connectivity index (χ1n) is 6.61. The molecule has 0 bridgehead atoms. The molecule has 2 rings (SSSR count). The smallest absolute Gasteiger partial charge is 0.134 e. The van der Waals surface area contributed by atoms with Crippen LogP contribution in [0.5, 0.6) is 0 Å². The molecule has 19 heavy (non-hydrogen) atoms. The molecule has 0 aliphatic carbocycles. The normalized spacial score (nSPS) is 14.7. The summed E-state index contributed by atoms with van der Waals surface area (Å²) in [6, 6.07) is 8.24. The minimum Gasteiger partial charge on any atom is -0.459 e. The van der Waals surface area contributed by atoms with Crippen LogP contribution in [0.15, 0.2) is 28.7 Å². The van der Waals surface area contributed by atoms with Crippen molar-refractivity contribution in [3.8, 4) is 0 Å². The first-order chi connectivity index (χ1) is 9.15. The topological polar surface area (TPSA) is 60.4 Å². The molecule has 2 aromatic rings. The first-order valence-corrected chi connectivity index (χ1v) is 6.61. The van der Waals surface area contributed by atoms with E-state index in [9.17, 15) is 0 Å². The molecule has 0 fully saturated rings. The standard InChI is InChI=1S/C15H22N2O2/c1-10-4-5-13-12(8-10)9-14(19-13)15(17-16)11(2)6-7-18-3/h4-5,8-9,11,15,17H,6-7,16H2,1-3H3. The van der Waals surface area contributed by atoms with Gasteiger partial charge in [-0.25, -0.2) is 5.43 Å². The van der Waals surface area contributed by atoms with Crippen molar-refractivity contribution in [2.24, 2.45) is 11.8 Å². The highest BCUT2D eigenvalue weighted by molar-refractivity contribution is 5.78. The molecule has 3 N–H and O–H groups in total. The third kappa shape index (κ3) is 3.15. The summed E-state index contributed by atoms with van der Waals surface area (Å²) in [6.45, 7) is 4.94. The molecular weight excluding hydrogens is 240 g/mol. The van der Waals surface area contributed by atoms with Gasteiger partial charge in [-0.3, -0.25) is 5.84 Å². The quantitative estimate of drug-likeness (QED) is 0.620. The molecule has 0 spiro atoms. The van der Waals surface area contributed by atoms with Gasteiger partial charge in [-0.1, -0.05) is 18.6 Å². The van der Waals surface area contributed by atoms with Gasteiger partial charge in [-0.2, -0.15) is 0 Å². The number of hydrazine groups is 1. The molecular formula is C15H22N2O2. The molecule has 4 heteroatoms. The van der Waals surface area contributed by atoms with Crippen LogP contribution in [0, 0.1) is 12.8 Å². The number of aryl methyl sites for hydroxylation is 1. The summed E-state index contributed by atoms with van der Waals surface area (Å²) < 4.78 is 11.0. The Labute approximate surface area is 113 Å². The fraction of sp³-hybridized carbons (Fsp3) is 0.467. The van der Waals surface area contributed by atoms with Crippen LogP contribution in [0.4, 0.5) is 0 Å². The van der Waals surface area contributed by atoms with Crippen molar-refractivity contribution in [2.45, 2.75) is 26.3 Å². The highest BCUT2D eigenvalue weighted by Crippen LogP contribution is 2.29. The van der Waals surface area contributed by atoms with E-state index in [1.807, 2.05) is 6.07 Å². The monoisotopic (exact) mass is 262 g/mol. The van der Waals surface area contributed by atoms with Crippen molar-refractivity contribution in [2.75, 3.05) is 13.7 Å². The third-order valence-corrected chi connectivity index (χ3v) is 3.52. The highest BCUT2D eigenvalue weighted by atomic mass is 16.5. The van der Waals surface area contributed by atoms with Crippen LogP contribution in [0.1, 0.15) is 30.7 Å². The fourth-order valence-corrected chi connectivity index (χ4v) is 2.33. The molecule has 0 saturated heterocycles. The predicted octanol–water partition coefficient (Wildman–Crippen LogP) is 2.92. The molecule has 0 radical (unpaired) electrons. The number of hydrogen-bond acceptors (Lipinski definition) is 4. The fourth-order valence-electron chi connectivity index (χ4n) is 2.33. The van der Waals surface area contributed by atoms with Crippen molar-refractivity contribution in [1.82, 2.24) is 5.43 Å². The number of benzene rings is 1. The van der Waals surface area contributed by atoms with Gasteiger partial charge in [0, 0.05) is 19.1 Å². The Morgan fingerprint density at radius 1 is 1.37 bits per heavy atom. The van der Waals surface area contributed by atoms with E-state index in [0.29, 0.717) is 5.92 Å². The lowest BCUT2D eigenvalue weighted by Crippen LogP contribution is -2.32. The average Bonchev–Trinajstić information content (AvgIpc) is 2.79. The van der Waals surface area contributed by atoms with Crippen LogP contribution in [0.25, 0.3) is 11.0 Å². The predicted molar refractivity (Wildman–Crippen MR) is 76.7 cm³/mol. The van der Waals surface area contributed by atoms with Crippen molar-refractivity contribution in [3.63, 3.8) is 0 Å². The molecule has 0 saturated carbocycles. The van der Waals surface area contributed by atoms with Crippen LogP contribution < -0.4 is 11.3 Å². The zero-order valence-electron chi connectivity index (χ0n) is 11.8. The maximum absolute atomic E-state index is 5.89. The van der Waals surface area contributed by atoms with E-state index in [1.54, 1.807) is 7.11 Å². The van der Waals surface area contributed by atoms with Crippen molar-refractivity contribution >= 4 is 11.0 Å². The summed E-state index contributed by atoms with van der Waals surface area (Å²) >= 11 is 0. The number of hydrogen-bond donors (Lipinski definition) is 2. The summed E-state index contributed by atoms with van der Waals surface area (Å²) in [5, 5.41) is 1.12. The van der Waals surface area contributed by atoms with Crippen LogP contribution in [-0.2, 0) is 4.74 Å². The van der Waals surface area contributed by atoms with Crippen molar-refractivity contribution in [3.05, 3.63) is 35.6 Å². The van der Waals surface area contributed by atoms with E-state index in [0.717, 1.165) is 29.8 Å². The minimum absolute atomic E-state index is 0.00264. The molecule has 4 nitrogen and oxygen atoms in total. The molecule has 1 heterocycles. The summed E-state index contributed by atoms with van der Waals surface area (Å²) in [5.74, 6) is 6.90. The van der Waals surface area contributed by atoms with Gasteiger partial charge in [0.15, 0.2) is 0 Å². The maximum Gasteiger partial charge on any atom is 0.134 e. The Morgan fingerprint density at radius 3 is 2.84 bits per heavy atom. The molecule has 0 aliphatic heterocycles. The number of nitrogens with two attached hydrogens (primary N) is 1. The number of ether oxygens (including phenoxy) is 1. The first kappa shape index (κ1) is 14.1. The van der Waals surface area contributed by atoms with Crippen LogP contribution in [-0.4, -0.2) is 13.7 Å². The van der Waals surface area contributed by atoms with Gasteiger partial charge in [0.05, 0.1) is 6.04 Å². The minimum atomic E-state index is 0.00264. The van der Waals surface area contributed by atoms with Crippen LogP contribution in [0.2, 0.25) is 0 Å². The Balaban J connectivity index is 2.24. The third-order valence-electron chi connectivity index (χ3n) is 3.52. The summed E-state index contributed by atoms with van der Waals surface area (Å²) in [5.41, 5.74) is 4.98. The second kappa shape index (κ2) is 6.19. The highest BCUT2D eigenvalue weighted by Gasteiger charge is 2.21. The van der Waals surface area contributed by atoms with Gasteiger partial charge >= 0.3 is 0 Å². The van der Waals surface area contributed by atoms with Crippen LogP contribution in [0.3, 0.4) is 0 Å². The largest absolute Gasteiger partial charge is 0.459 e. The lowest BCUT2D eigenvalue weighted by Gasteiger charge is -2.20. The Morgan fingerprint density at radius 2 is 2.16 bits per heavy atom. The zero-order valence-corrected chi connectivity index (χ0v) is 11.8.